The van der Waals surface area contributed by atoms with Crippen LogP contribution in [0.25, 0.3) is 0 Å². The van der Waals surface area contributed by atoms with E-state index in [2.05, 4.69) is 19.2 Å². The van der Waals surface area contributed by atoms with E-state index in [1.165, 1.54) is 270 Å². The molecule has 0 rings (SSSR count). The quantitative estimate of drug-likeness (QED) is 0.0536. The normalized spacial score (nSPS) is 12.7. The third-order valence-corrected chi connectivity index (χ3v) is 13.1. The number of hydrogen-bond donors (Lipinski definition) is 3. The maximum Gasteiger partial charge on any atom is 0.220 e. The summed E-state index contributed by atoms with van der Waals surface area (Å²) in [6.45, 7) is 4.40. The van der Waals surface area contributed by atoms with Gasteiger partial charge in [0, 0.05) is 6.42 Å². The SMILES string of the molecule is CCCCCCCCCCCCCCCCCCCCCCCCCCCCCCCCCC(=O)NC(CO)C(O)CCCCCCCCCCCCCCCCC. The van der Waals surface area contributed by atoms with E-state index in [0.717, 1.165) is 25.7 Å². The van der Waals surface area contributed by atoms with Crippen molar-refractivity contribution in [2.24, 2.45) is 0 Å². The van der Waals surface area contributed by atoms with Crippen molar-refractivity contribution in [1.82, 2.24) is 5.32 Å². The smallest absolute Gasteiger partial charge is 0.220 e. The van der Waals surface area contributed by atoms with E-state index in [-0.39, 0.29) is 12.5 Å². The van der Waals surface area contributed by atoms with E-state index in [1.807, 2.05) is 0 Å². The molecule has 58 heavy (non-hydrogen) atoms. The number of rotatable bonds is 51. The van der Waals surface area contributed by atoms with E-state index in [0.29, 0.717) is 12.8 Å². The van der Waals surface area contributed by atoms with Crippen LogP contribution in [-0.4, -0.2) is 34.9 Å². The molecule has 4 heteroatoms. The van der Waals surface area contributed by atoms with Gasteiger partial charge in [-0.3, -0.25) is 4.79 Å². The lowest BCUT2D eigenvalue weighted by molar-refractivity contribution is -0.123. The first-order valence-electron chi connectivity index (χ1n) is 27.2. The third-order valence-electron chi connectivity index (χ3n) is 13.1. The molecule has 0 bridgehead atoms. The average molecular weight is 820 g/mol. The zero-order valence-electron chi connectivity index (χ0n) is 40.1. The van der Waals surface area contributed by atoms with Crippen molar-refractivity contribution in [3.05, 3.63) is 0 Å². The van der Waals surface area contributed by atoms with Gasteiger partial charge in [0.15, 0.2) is 0 Å². The molecule has 0 saturated heterocycles. The fourth-order valence-electron chi connectivity index (χ4n) is 8.95. The van der Waals surface area contributed by atoms with Crippen molar-refractivity contribution >= 4 is 5.91 Å². The van der Waals surface area contributed by atoms with Gasteiger partial charge in [-0.2, -0.15) is 0 Å². The first kappa shape index (κ1) is 57.4. The van der Waals surface area contributed by atoms with E-state index in [1.54, 1.807) is 0 Å². The number of hydrogen-bond acceptors (Lipinski definition) is 3. The number of nitrogens with one attached hydrogen (secondary N) is 1. The molecule has 0 aromatic heterocycles. The number of carbonyl (C=O) groups excluding carboxylic acids is 1. The van der Waals surface area contributed by atoms with Gasteiger partial charge in [-0.15, -0.1) is 0 Å². The zero-order chi connectivity index (χ0) is 42.1. The van der Waals surface area contributed by atoms with Gasteiger partial charge in [-0.25, -0.2) is 0 Å². The Hall–Kier alpha value is -0.610. The molecule has 0 aliphatic rings. The van der Waals surface area contributed by atoms with Gasteiger partial charge in [-0.05, 0) is 12.8 Å². The molecule has 3 N–H and O–H groups in total. The number of unbranched alkanes of at least 4 members (excludes halogenated alkanes) is 44. The fraction of sp³-hybridized carbons (Fsp3) is 0.981. The van der Waals surface area contributed by atoms with E-state index in [9.17, 15) is 15.0 Å². The van der Waals surface area contributed by atoms with Crippen LogP contribution in [0.2, 0.25) is 0 Å². The summed E-state index contributed by atoms with van der Waals surface area (Å²) in [5.41, 5.74) is 0. The number of amides is 1. The lowest BCUT2D eigenvalue weighted by Gasteiger charge is -2.22. The largest absolute Gasteiger partial charge is 0.394 e. The van der Waals surface area contributed by atoms with Gasteiger partial charge in [0.25, 0.3) is 0 Å². The summed E-state index contributed by atoms with van der Waals surface area (Å²) in [7, 11) is 0. The Bertz CT molecular complexity index is 759. The van der Waals surface area contributed by atoms with Crippen LogP contribution in [0.3, 0.4) is 0 Å². The number of aliphatic hydroxyl groups is 2. The van der Waals surface area contributed by atoms with Crippen LogP contribution >= 0.6 is 0 Å². The predicted molar refractivity (Wildman–Crippen MR) is 258 cm³/mol. The molecule has 0 heterocycles. The average Bonchev–Trinajstić information content (AvgIpc) is 3.23. The molecule has 348 valence electrons. The minimum atomic E-state index is -0.653. The molecule has 1 amide bonds. The summed E-state index contributed by atoms with van der Waals surface area (Å²) in [6.07, 6.45) is 63.8. The fourth-order valence-corrected chi connectivity index (χ4v) is 8.95. The highest BCUT2D eigenvalue weighted by Gasteiger charge is 2.20. The van der Waals surface area contributed by atoms with Crippen LogP contribution < -0.4 is 5.32 Å². The molecule has 0 aromatic carbocycles. The van der Waals surface area contributed by atoms with Crippen molar-refractivity contribution in [3.63, 3.8) is 0 Å². The minimum Gasteiger partial charge on any atom is -0.394 e. The van der Waals surface area contributed by atoms with Crippen LogP contribution in [0, 0.1) is 0 Å². The first-order chi connectivity index (χ1) is 28.7. The molecule has 0 fully saturated rings. The highest BCUT2D eigenvalue weighted by Crippen LogP contribution is 2.18. The zero-order valence-corrected chi connectivity index (χ0v) is 40.1. The summed E-state index contributed by atoms with van der Waals surface area (Å²) >= 11 is 0. The highest BCUT2D eigenvalue weighted by atomic mass is 16.3. The molecule has 0 radical (unpaired) electrons. The maximum absolute atomic E-state index is 12.5. The summed E-state index contributed by atoms with van der Waals surface area (Å²) < 4.78 is 0. The van der Waals surface area contributed by atoms with Crippen LogP contribution in [0.4, 0.5) is 0 Å². The summed E-state index contributed by atoms with van der Waals surface area (Å²) in [6, 6.07) is -0.530. The Balaban J connectivity index is 3.36. The Kier molecular flexibility index (Phi) is 50.2. The lowest BCUT2D eigenvalue weighted by Crippen LogP contribution is -2.45. The monoisotopic (exact) mass is 820 g/mol. The third kappa shape index (κ3) is 46.5. The summed E-state index contributed by atoms with van der Waals surface area (Å²) in [4.78, 5) is 12.5. The van der Waals surface area contributed by atoms with Gasteiger partial charge in [0.2, 0.25) is 5.91 Å². The molecule has 0 aliphatic heterocycles. The molecular formula is C54H109NO3. The first-order valence-corrected chi connectivity index (χ1v) is 27.2. The Morgan fingerprint density at radius 1 is 0.345 bits per heavy atom. The predicted octanol–water partition coefficient (Wildman–Crippen LogP) is 17.6. The topological polar surface area (TPSA) is 69.6 Å². The van der Waals surface area contributed by atoms with Crippen LogP contribution in [0.1, 0.15) is 322 Å². The standard InChI is InChI=1S/C54H109NO3/c1-3-5-7-9-11-13-15-17-19-20-21-22-23-24-25-26-27-28-29-30-31-32-33-34-36-38-40-42-44-46-48-50-54(58)55-52(51-56)53(57)49-47-45-43-41-39-37-35-18-16-14-12-10-8-6-4-2/h52-53,56-57H,3-51H2,1-2H3,(H,55,58). The van der Waals surface area contributed by atoms with E-state index in [4.69, 9.17) is 0 Å². The summed E-state index contributed by atoms with van der Waals surface area (Å²) in [5.74, 6) is -0.0232. The lowest BCUT2D eigenvalue weighted by atomic mass is 10.0. The van der Waals surface area contributed by atoms with Crippen molar-refractivity contribution in [2.75, 3.05) is 6.61 Å². The Labute approximate surface area is 365 Å². The van der Waals surface area contributed by atoms with Crippen LogP contribution in [0.5, 0.6) is 0 Å². The molecular weight excluding hydrogens is 711 g/mol. The van der Waals surface area contributed by atoms with Gasteiger partial charge >= 0.3 is 0 Å². The van der Waals surface area contributed by atoms with Gasteiger partial charge in [0.1, 0.15) is 0 Å². The molecule has 0 saturated carbocycles. The maximum atomic E-state index is 12.5. The van der Waals surface area contributed by atoms with E-state index >= 15 is 0 Å². The molecule has 0 spiro atoms. The van der Waals surface area contributed by atoms with Crippen molar-refractivity contribution in [3.8, 4) is 0 Å². The Morgan fingerprint density at radius 3 is 0.776 bits per heavy atom. The van der Waals surface area contributed by atoms with Gasteiger partial charge in [0.05, 0.1) is 18.8 Å². The second kappa shape index (κ2) is 50.7. The minimum absolute atomic E-state index is 0.0232. The number of carbonyl (C=O) groups is 1. The van der Waals surface area contributed by atoms with Crippen LogP contribution in [-0.2, 0) is 4.79 Å². The second-order valence-corrected chi connectivity index (χ2v) is 19.0. The molecule has 2 unspecified atom stereocenters. The molecule has 2 atom stereocenters. The van der Waals surface area contributed by atoms with Crippen LogP contribution in [0.15, 0.2) is 0 Å². The highest BCUT2D eigenvalue weighted by molar-refractivity contribution is 5.76. The van der Waals surface area contributed by atoms with Gasteiger partial charge in [-0.1, -0.05) is 303 Å². The van der Waals surface area contributed by atoms with Crippen molar-refractivity contribution < 1.29 is 15.0 Å². The van der Waals surface area contributed by atoms with Crippen molar-refractivity contribution in [2.45, 2.75) is 334 Å². The van der Waals surface area contributed by atoms with Crippen molar-refractivity contribution in [1.29, 1.82) is 0 Å². The second-order valence-electron chi connectivity index (χ2n) is 19.0. The molecule has 4 nitrogen and oxygen atoms in total. The molecule has 0 aromatic rings. The molecule has 0 aliphatic carbocycles. The van der Waals surface area contributed by atoms with E-state index < -0.39 is 12.1 Å². The van der Waals surface area contributed by atoms with Gasteiger partial charge < -0.3 is 15.5 Å². The summed E-state index contributed by atoms with van der Waals surface area (Å²) in [5, 5.41) is 23.3. The number of aliphatic hydroxyl groups excluding tert-OH is 2. The Morgan fingerprint density at radius 2 is 0.552 bits per heavy atom.